The lowest BCUT2D eigenvalue weighted by atomic mass is 10.0. The van der Waals surface area contributed by atoms with E-state index in [4.69, 9.17) is 9.97 Å². The van der Waals surface area contributed by atoms with Crippen LogP contribution in [0.15, 0.2) is 182 Å². The van der Waals surface area contributed by atoms with Crippen LogP contribution in [0.4, 0.5) is 0 Å². The molecule has 12 rings (SSSR count). The summed E-state index contributed by atoms with van der Waals surface area (Å²) in [5, 5.41) is 8.39. The molecular weight excluding hydrogens is 689 g/mol. The van der Waals surface area contributed by atoms with Crippen molar-refractivity contribution < 1.29 is 0 Å². The number of thiophene rings is 1. The van der Waals surface area contributed by atoms with Crippen LogP contribution < -0.4 is 0 Å². The van der Waals surface area contributed by atoms with Crippen molar-refractivity contribution in [3.05, 3.63) is 182 Å². The van der Waals surface area contributed by atoms with Gasteiger partial charge in [0.2, 0.25) is 5.95 Å². The van der Waals surface area contributed by atoms with Crippen LogP contribution in [-0.2, 0) is 0 Å². The molecule has 4 nitrogen and oxygen atoms in total. The Morgan fingerprint density at radius 2 is 0.927 bits per heavy atom. The summed E-state index contributed by atoms with van der Waals surface area (Å²) >= 11 is 1.82. The van der Waals surface area contributed by atoms with E-state index in [0.717, 1.165) is 38.9 Å². The summed E-state index contributed by atoms with van der Waals surface area (Å²) in [5.74, 6) is 0.666. The number of benzene rings is 8. The third-order valence-electron chi connectivity index (χ3n) is 11.1. The monoisotopic (exact) mass is 718 g/mol. The highest BCUT2D eigenvalue weighted by atomic mass is 32.1. The topological polar surface area (TPSA) is 35.6 Å². The Labute approximate surface area is 319 Å². The summed E-state index contributed by atoms with van der Waals surface area (Å²) in [6, 6.07) is 65.3. The van der Waals surface area contributed by atoms with E-state index in [1.54, 1.807) is 0 Å². The molecule has 0 fully saturated rings. The number of rotatable bonds is 4. The first kappa shape index (κ1) is 30.4. The molecule has 12 aromatic rings. The average Bonchev–Trinajstić information content (AvgIpc) is 3.91. The van der Waals surface area contributed by atoms with Crippen LogP contribution >= 0.6 is 11.3 Å². The molecule has 256 valence electrons. The minimum absolute atomic E-state index is 0.666. The van der Waals surface area contributed by atoms with E-state index in [1.165, 1.54) is 63.9 Å². The third kappa shape index (κ3) is 4.51. The molecular formula is C50H30N4S. The second-order valence-corrected chi connectivity index (χ2v) is 15.3. The van der Waals surface area contributed by atoms with Crippen LogP contribution in [0.5, 0.6) is 0 Å². The Morgan fingerprint density at radius 3 is 1.64 bits per heavy atom. The molecule has 5 heteroatoms. The Morgan fingerprint density at radius 1 is 0.364 bits per heavy atom. The van der Waals surface area contributed by atoms with Gasteiger partial charge in [0.05, 0.1) is 33.3 Å². The minimum atomic E-state index is 0.666. The highest BCUT2D eigenvalue weighted by Gasteiger charge is 2.21. The molecule has 0 N–H and O–H groups in total. The van der Waals surface area contributed by atoms with E-state index in [9.17, 15) is 0 Å². The lowest BCUT2D eigenvalue weighted by molar-refractivity contribution is 1.01. The number of aromatic nitrogens is 4. The molecule has 0 unspecified atom stereocenters. The van der Waals surface area contributed by atoms with Gasteiger partial charge in [0.25, 0.3) is 0 Å². The van der Waals surface area contributed by atoms with Gasteiger partial charge >= 0.3 is 0 Å². The summed E-state index contributed by atoms with van der Waals surface area (Å²) in [4.78, 5) is 10.8. The maximum atomic E-state index is 5.48. The lowest BCUT2D eigenvalue weighted by Gasteiger charge is -2.13. The highest BCUT2D eigenvalue weighted by Crippen LogP contribution is 2.43. The fourth-order valence-electron chi connectivity index (χ4n) is 8.71. The van der Waals surface area contributed by atoms with Gasteiger partial charge in [0.1, 0.15) is 0 Å². The van der Waals surface area contributed by atoms with Gasteiger partial charge < -0.3 is 4.57 Å². The number of para-hydroxylation sites is 3. The van der Waals surface area contributed by atoms with E-state index in [0.29, 0.717) is 5.95 Å². The molecule has 0 amide bonds. The molecule has 0 radical (unpaired) electrons. The standard InChI is InChI=1S/C50H30N4S/c1-3-13-31(14-4-1)49-48-40(25-28-46-47(48)37-19-9-12-22-45(37)55-46)51-50(52-49)54-42-21-11-8-18-36(42)39-30-33(24-27-44(39)54)32-23-26-43-38(29-32)35-17-7-10-20-41(35)53(43)34-15-5-2-6-16-34/h1-30H. The van der Waals surface area contributed by atoms with Gasteiger partial charge in [-0.15, -0.1) is 11.3 Å². The van der Waals surface area contributed by atoms with E-state index in [-0.39, 0.29) is 0 Å². The fraction of sp³-hybridized carbons (Fsp3) is 0. The Hall–Kier alpha value is -7.08. The van der Waals surface area contributed by atoms with Crippen molar-refractivity contribution in [1.29, 1.82) is 0 Å². The summed E-state index contributed by atoms with van der Waals surface area (Å²) in [6.45, 7) is 0. The molecule has 0 aliphatic carbocycles. The molecule has 0 spiro atoms. The molecule has 0 aliphatic rings. The minimum Gasteiger partial charge on any atom is -0.309 e. The van der Waals surface area contributed by atoms with Crippen molar-refractivity contribution in [2.24, 2.45) is 0 Å². The van der Waals surface area contributed by atoms with Gasteiger partial charge in [0, 0.05) is 58.4 Å². The second-order valence-electron chi connectivity index (χ2n) is 14.2. The van der Waals surface area contributed by atoms with Gasteiger partial charge in [0.15, 0.2) is 0 Å². The normalized spacial score (nSPS) is 12.0. The van der Waals surface area contributed by atoms with Gasteiger partial charge in [-0.05, 0) is 77.9 Å². The molecule has 0 bridgehead atoms. The van der Waals surface area contributed by atoms with Crippen LogP contribution in [0.25, 0.3) is 109 Å². The van der Waals surface area contributed by atoms with E-state index in [2.05, 4.69) is 191 Å². The molecule has 0 aliphatic heterocycles. The van der Waals surface area contributed by atoms with Crippen molar-refractivity contribution in [1.82, 2.24) is 19.1 Å². The smallest absolute Gasteiger partial charge is 0.235 e. The van der Waals surface area contributed by atoms with Crippen molar-refractivity contribution in [2.45, 2.75) is 0 Å². The van der Waals surface area contributed by atoms with Crippen LogP contribution in [0.3, 0.4) is 0 Å². The molecule has 4 heterocycles. The first-order valence-electron chi connectivity index (χ1n) is 18.6. The molecule has 0 saturated heterocycles. The maximum Gasteiger partial charge on any atom is 0.235 e. The van der Waals surface area contributed by atoms with Crippen LogP contribution in [0, 0.1) is 0 Å². The van der Waals surface area contributed by atoms with Gasteiger partial charge in [-0.25, -0.2) is 9.97 Å². The summed E-state index contributed by atoms with van der Waals surface area (Å²) in [6.07, 6.45) is 0. The third-order valence-corrected chi connectivity index (χ3v) is 12.3. The molecule has 8 aromatic carbocycles. The van der Waals surface area contributed by atoms with Crippen LogP contribution in [0.1, 0.15) is 0 Å². The number of hydrogen-bond acceptors (Lipinski definition) is 3. The zero-order valence-electron chi connectivity index (χ0n) is 29.5. The number of hydrogen-bond donors (Lipinski definition) is 0. The SMILES string of the molecule is c1ccc(-c2nc(-n3c4ccccc4c4cc(-c5ccc6c(c5)c5ccccc5n6-c5ccccc5)ccc43)nc3ccc4sc5ccccc5c4c23)cc1. The lowest BCUT2D eigenvalue weighted by Crippen LogP contribution is -2.03. The maximum absolute atomic E-state index is 5.48. The van der Waals surface area contributed by atoms with Crippen LogP contribution in [-0.4, -0.2) is 19.1 Å². The second kappa shape index (κ2) is 11.7. The summed E-state index contributed by atoms with van der Waals surface area (Å²) in [5.41, 5.74) is 11.0. The highest BCUT2D eigenvalue weighted by molar-refractivity contribution is 7.26. The van der Waals surface area contributed by atoms with Gasteiger partial charge in [-0.3, -0.25) is 4.57 Å². The summed E-state index contributed by atoms with van der Waals surface area (Å²) < 4.78 is 7.12. The zero-order chi connectivity index (χ0) is 36.0. The summed E-state index contributed by atoms with van der Waals surface area (Å²) in [7, 11) is 0. The first-order valence-corrected chi connectivity index (χ1v) is 19.4. The molecule has 0 atom stereocenters. The predicted octanol–water partition coefficient (Wildman–Crippen LogP) is 13.5. The average molecular weight is 719 g/mol. The van der Waals surface area contributed by atoms with Gasteiger partial charge in [-0.1, -0.05) is 115 Å². The van der Waals surface area contributed by atoms with E-state index in [1.807, 2.05) is 11.3 Å². The van der Waals surface area contributed by atoms with Crippen molar-refractivity contribution in [3.63, 3.8) is 0 Å². The van der Waals surface area contributed by atoms with Crippen molar-refractivity contribution in [2.75, 3.05) is 0 Å². The van der Waals surface area contributed by atoms with Crippen molar-refractivity contribution >= 4 is 86.0 Å². The van der Waals surface area contributed by atoms with Crippen molar-refractivity contribution in [3.8, 4) is 34.0 Å². The Kier molecular flexibility index (Phi) is 6.47. The zero-order valence-corrected chi connectivity index (χ0v) is 30.3. The van der Waals surface area contributed by atoms with Gasteiger partial charge in [-0.2, -0.15) is 0 Å². The Bertz CT molecular complexity index is 3480. The molecule has 55 heavy (non-hydrogen) atoms. The van der Waals surface area contributed by atoms with E-state index < -0.39 is 0 Å². The molecule has 4 aromatic heterocycles. The van der Waals surface area contributed by atoms with E-state index >= 15 is 0 Å². The molecule has 0 saturated carbocycles. The first-order chi connectivity index (χ1) is 27.3. The number of nitrogens with zero attached hydrogens (tertiary/aromatic N) is 4. The number of fused-ring (bicyclic) bond motifs is 11. The predicted molar refractivity (Wildman–Crippen MR) is 232 cm³/mol. The quantitative estimate of drug-likeness (QED) is 0.182. The fourth-order valence-corrected chi connectivity index (χ4v) is 9.82. The Balaban J connectivity index is 1.08. The largest absolute Gasteiger partial charge is 0.309 e. The van der Waals surface area contributed by atoms with Crippen LogP contribution in [0.2, 0.25) is 0 Å².